The highest BCUT2D eigenvalue weighted by Gasteiger charge is 2.36. The van der Waals surface area contributed by atoms with E-state index in [1.807, 2.05) is 0 Å². The number of carbonyl (C=O) groups is 1. The van der Waals surface area contributed by atoms with Gasteiger partial charge in [0.05, 0.1) is 21.4 Å². The molecule has 2 aliphatic rings. The predicted octanol–water partition coefficient (Wildman–Crippen LogP) is 5.09. The summed E-state index contributed by atoms with van der Waals surface area (Å²) in [7, 11) is 0. The van der Waals surface area contributed by atoms with Gasteiger partial charge in [-0.05, 0) is 60.3 Å². The fraction of sp³-hybridized carbons (Fsp3) is 0.435. The average molecular weight is 537 g/mol. The molecule has 34 heavy (non-hydrogen) atoms. The number of amides is 1. The third-order valence-corrected chi connectivity index (χ3v) is 7.17. The maximum Gasteiger partial charge on any atom is 0.419 e. The van der Waals surface area contributed by atoms with Gasteiger partial charge in [0.1, 0.15) is 5.56 Å². The number of aromatic amines is 1. The van der Waals surface area contributed by atoms with Gasteiger partial charge in [0, 0.05) is 48.9 Å². The number of benzene rings is 1. The van der Waals surface area contributed by atoms with Crippen LogP contribution in [0.4, 0.5) is 24.8 Å². The van der Waals surface area contributed by atoms with E-state index in [0.717, 1.165) is 38.4 Å². The smallest absolute Gasteiger partial charge is 0.360 e. The Bertz CT molecular complexity index is 1220. The molecule has 4 heterocycles. The van der Waals surface area contributed by atoms with Crippen molar-refractivity contribution in [1.82, 2.24) is 20.3 Å². The molecule has 3 aromatic rings. The first-order chi connectivity index (χ1) is 16.3. The number of hydrogen-bond donors (Lipinski definition) is 3. The number of hydrogen-bond acceptors (Lipinski definition) is 5. The molecule has 1 atom stereocenters. The van der Waals surface area contributed by atoms with Crippen LogP contribution in [0.2, 0.25) is 0 Å². The molecule has 2 saturated heterocycles. The molecule has 2 aliphatic heterocycles. The Morgan fingerprint density at radius 3 is 2.79 bits per heavy atom. The second-order valence-corrected chi connectivity index (χ2v) is 9.46. The number of nitrogens with one attached hydrogen (secondary N) is 3. The minimum Gasteiger partial charge on any atom is -0.360 e. The number of halogens is 4. The van der Waals surface area contributed by atoms with Gasteiger partial charge in [0.15, 0.2) is 0 Å². The number of fused-ring (bicyclic) bond motifs is 1. The van der Waals surface area contributed by atoms with Crippen LogP contribution in [0, 0.1) is 0 Å². The largest absolute Gasteiger partial charge is 0.419 e. The summed E-state index contributed by atoms with van der Waals surface area (Å²) in [6.45, 7) is 2.25. The normalized spacial score (nSPS) is 19.6. The van der Waals surface area contributed by atoms with Crippen molar-refractivity contribution in [3.8, 4) is 11.3 Å². The van der Waals surface area contributed by atoms with Crippen molar-refractivity contribution in [2.45, 2.75) is 44.3 Å². The Labute approximate surface area is 202 Å². The van der Waals surface area contributed by atoms with Crippen molar-refractivity contribution in [3.05, 3.63) is 34.6 Å². The number of rotatable bonds is 4. The van der Waals surface area contributed by atoms with Crippen molar-refractivity contribution in [2.75, 3.05) is 29.9 Å². The van der Waals surface area contributed by atoms with Crippen molar-refractivity contribution in [3.63, 3.8) is 0 Å². The molecule has 180 valence electrons. The van der Waals surface area contributed by atoms with Gasteiger partial charge in [-0.2, -0.15) is 13.2 Å². The minimum atomic E-state index is -4.61. The topological polar surface area (TPSA) is 85.9 Å². The Kier molecular flexibility index (Phi) is 6.24. The number of carbonyl (C=O) groups excluding carboxylic acids is 1. The molecule has 0 spiro atoms. The molecule has 0 saturated carbocycles. The van der Waals surface area contributed by atoms with E-state index >= 15 is 0 Å². The zero-order valence-corrected chi connectivity index (χ0v) is 19.9. The Balaban J connectivity index is 1.57. The van der Waals surface area contributed by atoms with Crippen molar-refractivity contribution < 1.29 is 18.0 Å². The summed E-state index contributed by atoms with van der Waals surface area (Å²) in [5.74, 6) is 0.210. The summed E-state index contributed by atoms with van der Waals surface area (Å²) in [6, 6.07) is 3.57. The Morgan fingerprint density at radius 2 is 2.06 bits per heavy atom. The number of nitrogens with zero attached hydrogens (tertiary/aromatic N) is 3. The standard InChI is InChI=1S/C23H24BrF3N6O/c24-19-17(33-9-2-1-5-18(33)34)7-6-14-15(11-29-21(14)19)20-16(23(25,26)27)12-30-22(32-20)31-13-4-3-8-28-10-13/h6-7,11-13,28-29H,1-5,8-10H2,(H,30,31,32). The van der Waals surface area contributed by atoms with Gasteiger partial charge in [-0.1, -0.05) is 0 Å². The molecule has 3 N–H and O–H groups in total. The molecule has 7 nitrogen and oxygen atoms in total. The Morgan fingerprint density at radius 1 is 1.21 bits per heavy atom. The fourth-order valence-electron chi connectivity index (χ4n) is 4.64. The SMILES string of the molecule is O=C1CCCCN1c1ccc2c(-c3nc(NC4CCCNC4)ncc3C(F)(F)F)c[nH]c2c1Br. The summed E-state index contributed by atoms with van der Waals surface area (Å²) in [6.07, 6.45) is 1.89. The highest BCUT2D eigenvalue weighted by Crippen LogP contribution is 2.42. The minimum absolute atomic E-state index is 0.0427. The number of alkyl halides is 3. The summed E-state index contributed by atoms with van der Waals surface area (Å²) >= 11 is 3.57. The third-order valence-electron chi connectivity index (χ3n) is 6.37. The molecule has 2 aromatic heterocycles. The van der Waals surface area contributed by atoms with E-state index < -0.39 is 11.7 Å². The molecular formula is C23H24BrF3N6O. The van der Waals surface area contributed by atoms with Crippen LogP contribution in [-0.2, 0) is 11.0 Å². The van der Waals surface area contributed by atoms with E-state index in [-0.39, 0.29) is 23.6 Å². The maximum absolute atomic E-state index is 13.9. The lowest BCUT2D eigenvalue weighted by molar-refractivity contribution is -0.137. The highest BCUT2D eigenvalue weighted by atomic mass is 79.9. The molecule has 0 bridgehead atoms. The first kappa shape index (κ1) is 23.1. The van der Waals surface area contributed by atoms with E-state index in [9.17, 15) is 18.0 Å². The maximum atomic E-state index is 13.9. The van der Waals surface area contributed by atoms with E-state index in [1.54, 1.807) is 17.0 Å². The summed E-state index contributed by atoms with van der Waals surface area (Å²) in [4.78, 5) is 25.5. The van der Waals surface area contributed by atoms with Gasteiger partial charge in [0.25, 0.3) is 0 Å². The second kappa shape index (κ2) is 9.18. The predicted molar refractivity (Wildman–Crippen MR) is 128 cm³/mol. The molecular weight excluding hydrogens is 513 g/mol. The molecule has 1 unspecified atom stereocenters. The van der Waals surface area contributed by atoms with Crippen LogP contribution in [0.15, 0.2) is 29.0 Å². The number of aromatic nitrogens is 3. The van der Waals surface area contributed by atoms with Crippen LogP contribution in [0.3, 0.4) is 0 Å². The van der Waals surface area contributed by atoms with E-state index in [4.69, 9.17) is 0 Å². The van der Waals surface area contributed by atoms with Crippen molar-refractivity contribution >= 4 is 44.4 Å². The van der Waals surface area contributed by atoms with Crippen LogP contribution in [-0.4, -0.2) is 46.5 Å². The van der Waals surface area contributed by atoms with Crippen LogP contribution in [0.1, 0.15) is 37.7 Å². The lowest BCUT2D eigenvalue weighted by Gasteiger charge is -2.27. The van der Waals surface area contributed by atoms with Gasteiger partial charge < -0.3 is 20.5 Å². The molecule has 1 aromatic carbocycles. The lowest BCUT2D eigenvalue weighted by atomic mass is 10.0. The van der Waals surface area contributed by atoms with Gasteiger partial charge in [0.2, 0.25) is 11.9 Å². The summed E-state index contributed by atoms with van der Waals surface area (Å²) in [5.41, 5.74) is 0.563. The van der Waals surface area contributed by atoms with Crippen LogP contribution < -0.4 is 15.5 Å². The quantitative estimate of drug-likeness (QED) is 0.432. The third kappa shape index (κ3) is 4.38. The summed E-state index contributed by atoms with van der Waals surface area (Å²) < 4.78 is 42.3. The first-order valence-corrected chi connectivity index (χ1v) is 12.1. The van der Waals surface area contributed by atoms with Crippen LogP contribution in [0.25, 0.3) is 22.2 Å². The zero-order chi connectivity index (χ0) is 23.9. The van der Waals surface area contributed by atoms with Gasteiger partial charge in [-0.15, -0.1) is 0 Å². The molecule has 0 radical (unpaired) electrons. The Hall–Kier alpha value is -2.66. The molecule has 11 heteroatoms. The van der Waals surface area contributed by atoms with Crippen LogP contribution in [0.5, 0.6) is 0 Å². The van der Waals surface area contributed by atoms with E-state index in [0.29, 0.717) is 46.1 Å². The van der Waals surface area contributed by atoms with Crippen LogP contribution >= 0.6 is 15.9 Å². The summed E-state index contributed by atoms with van der Waals surface area (Å²) in [5, 5.41) is 7.00. The van der Waals surface area contributed by atoms with E-state index in [2.05, 4.69) is 41.5 Å². The number of piperidine rings is 2. The second-order valence-electron chi connectivity index (χ2n) is 8.67. The molecule has 5 rings (SSSR count). The average Bonchev–Trinajstić information content (AvgIpc) is 3.25. The van der Waals surface area contributed by atoms with Crippen molar-refractivity contribution in [2.24, 2.45) is 0 Å². The van der Waals surface area contributed by atoms with Gasteiger partial charge in [-0.25, -0.2) is 9.97 Å². The molecule has 1 amide bonds. The first-order valence-electron chi connectivity index (χ1n) is 11.3. The fourth-order valence-corrected chi connectivity index (χ4v) is 5.31. The lowest BCUT2D eigenvalue weighted by Crippen LogP contribution is -2.38. The van der Waals surface area contributed by atoms with E-state index in [1.165, 1.54) is 6.20 Å². The molecule has 0 aliphatic carbocycles. The highest BCUT2D eigenvalue weighted by molar-refractivity contribution is 9.10. The number of H-pyrrole nitrogens is 1. The van der Waals surface area contributed by atoms with Gasteiger partial charge in [-0.3, -0.25) is 4.79 Å². The molecule has 2 fully saturated rings. The monoisotopic (exact) mass is 536 g/mol. The zero-order valence-electron chi connectivity index (χ0n) is 18.3. The number of anilines is 2. The van der Waals surface area contributed by atoms with Gasteiger partial charge >= 0.3 is 6.18 Å². The van der Waals surface area contributed by atoms with Crippen molar-refractivity contribution in [1.29, 1.82) is 0 Å².